The quantitative estimate of drug-likeness (QED) is 0.736. The van der Waals surface area contributed by atoms with E-state index in [4.69, 9.17) is 4.74 Å². The van der Waals surface area contributed by atoms with E-state index in [0.717, 1.165) is 0 Å². The lowest BCUT2D eigenvalue weighted by molar-refractivity contribution is 0.0982. The van der Waals surface area contributed by atoms with Gasteiger partial charge in [-0.2, -0.15) is 0 Å². The molecule has 5 nitrogen and oxygen atoms in total. The van der Waals surface area contributed by atoms with E-state index in [1.807, 2.05) is 0 Å². The van der Waals surface area contributed by atoms with Crippen molar-refractivity contribution in [1.82, 2.24) is 0 Å². The van der Waals surface area contributed by atoms with E-state index in [0.29, 0.717) is 16.9 Å². The monoisotopic (exact) mass is 288 g/mol. The van der Waals surface area contributed by atoms with Crippen molar-refractivity contribution >= 4 is 5.78 Å². The molecular weight excluding hydrogens is 272 g/mol. The van der Waals surface area contributed by atoms with Crippen LogP contribution in [0, 0.1) is 0 Å². The Bertz CT molecular complexity index is 623. The average molecular weight is 288 g/mol. The maximum atomic E-state index is 12.0. The molecule has 5 heteroatoms. The minimum atomic E-state index is -0.135. The number of carbonyl (C=O) groups excluding carboxylic acids is 1. The zero-order valence-electron chi connectivity index (χ0n) is 11.5. The SMILES string of the molecule is COc1cc(O)c(CCC(=O)c2ccc(O)cc2)c(O)c1. The van der Waals surface area contributed by atoms with Crippen molar-refractivity contribution < 1.29 is 24.9 Å². The van der Waals surface area contributed by atoms with Gasteiger partial charge >= 0.3 is 0 Å². The number of ketones is 1. The number of aromatic hydroxyl groups is 3. The van der Waals surface area contributed by atoms with Gasteiger partial charge in [0.2, 0.25) is 0 Å². The molecule has 0 fully saturated rings. The van der Waals surface area contributed by atoms with Crippen molar-refractivity contribution in [2.24, 2.45) is 0 Å². The molecule has 2 aromatic carbocycles. The van der Waals surface area contributed by atoms with Crippen LogP contribution in [0.5, 0.6) is 23.0 Å². The summed E-state index contributed by atoms with van der Waals surface area (Å²) in [5.74, 6) is 0.0935. The zero-order chi connectivity index (χ0) is 15.4. The molecule has 110 valence electrons. The highest BCUT2D eigenvalue weighted by Gasteiger charge is 2.13. The lowest BCUT2D eigenvalue weighted by Crippen LogP contribution is -2.01. The molecule has 0 saturated carbocycles. The molecule has 0 aliphatic carbocycles. The third-order valence-electron chi connectivity index (χ3n) is 3.20. The minimum Gasteiger partial charge on any atom is -0.508 e. The summed E-state index contributed by atoms with van der Waals surface area (Å²) in [6.45, 7) is 0. The van der Waals surface area contributed by atoms with Gasteiger partial charge in [-0.1, -0.05) is 0 Å². The topological polar surface area (TPSA) is 87.0 Å². The highest BCUT2D eigenvalue weighted by Crippen LogP contribution is 2.33. The highest BCUT2D eigenvalue weighted by atomic mass is 16.5. The maximum Gasteiger partial charge on any atom is 0.163 e. The molecule has 0 aromatic heterocycles. The normalized spacial score (nSPS) is 10.3. The van der Waals surface area contributed by atoms with Crippen LogP contribution in [0.2, 0.25) is 0 Å². The fourth-order valence-corrected chi connectivity index (χ4v) is 2.02. The third kappa shape index (κ3) is 3.45. The summed E-state index contributed by atoms with van der Waals surface area (Å²) in [6, 6.07) is 8.72. The molecule has 0 aliphatic heterocycles. The van der Waals surface area contributed by atoms with Crippen LogP contribution in [0.3, 0.4) is 0 Å². The molecule has 0 bridgehead atoms. The smallest absolute Gasteiger partial charge is 0.163 e. The fourth-order valence-electron chi connectivity index (χ4n) is 2.02. The van der Waals surface area contributed by atoms with Crippen LogP contribution in [-0.4, -0.2) is 28.2 Å². The Labute approximate surface area is 122 Å². The number of rotatable bonds is 5. The van der Waals surface area contributed by atoms with Gasteiger partial charge in [-0.15, -0.1) is 0 Å². The Kier molecular flexibility index (Phi) is 4.33. The van der Waals surface area contributed by atoms with Gasteiger partial charge in [0.05, 0.1) is 7.11 Å². The summed E-state index contributed by atoms with van der Waals surface area (Å²) in [4.78, 5) is 12.0. The number of benzene rings is 2. The van der Waals surface area contributed by atoms with Gasteiger partial charge in [-0.3, -0.25) is 4.79 Å². The molecule has 2 rings (SSSR count). The molecular formula is C16H16O5. The maximum absolute atomic E-state index is 12.0. The predicted octanol–water partition coefficient (Wildman–Crippen LogP) is 2.63. The number of hydrogen-bond donors (Lipinski definition) is 3. The van der Waals surface area contributed by atoms with Crippen molar-refractivity contribution in [2.75, 3.05) is 7.11 Å². The number of Topliss-reactive ketones (excluding diaryl/α,β-unsaturated/α-hetero) is 1. The second kappa shape index (κ2) is 6.17. The van der Waals surface area contributed by atoms with E-state index in [9.17, 15) is 20.1 Å². The van der Waals surface area contributed by atoms with Gasteiger partial charge in [0, 0.05) is 29.7 Å². The molecule has 0 aliphatic rings. The number of ether oxygens (including phenoxy) is 1. The third-order valence-corrected chi connectivity index (χ3v) is 3.20. The van der Waals surface area contributed by atoms with Crippen molar-refractivity contribution in [3.05, 3.63) is 47.5 Å². The Hall–Kier alpha value is -2.69. The molecule has 3 N–H and O–H groups in total. The van der Waals surface area contributed by atoms with E-state index in [2.05, 4.69) is 0 Å². The van der Waals surface area contributed by atoms with Gasteiger partial charge in [0.15, 0.2) is 5.78 Å². The highest BCUT2D eigenvalue weighted by molar-refractivity contribution is 5.96. The van der Waals surface area contributed by atoms with E-state index in [1.165, 1.54) is 43.5 Å². The Morgan fingerprint density at radius 2 is 1.62 bits per heavy atom. The van der Waals surface area contributed by atoms with Crippen molar-refractivity contribution in [3.8, 4) is 23.0 Å². The summed E-state index contributed by atoms with van der Waals surface area (Å²) in [6.07, 6.45) is 0.347. The molecule has 21 heavy (non-hydrogen) atoms. The van der Waals surface area contributed by atoms with Crippen molar-refractivity contribution in [1.29, 1.82) is 0 Å². The first-order valence-corrected chi connectivity index (χ1v) is 6.42. The van der Waals surface area contributed by atoms with Crippen molar-refractivity contribution in [2.45, 2.75) is 12.8 Å². The summed E-state index contributed by atoms with van der Waals surface area (Å²) < 4.78 is 4.93. The molecule has 0 amide bonds. The summed E-state index contributed by atoms with van der Waals surface area (Å²) in [5, 5.41) is 28.9. The van der Waals surface area contributed by atoms with E-state index >= 15 is 0 Å². The van der Waals surface area contributed by atoms with Crippen LogP contribution in [0.25, 0.3) is 0 Å². The van der Waals surface area contributed by atoms with Crippen LogP contribution >= 0.6 is 0 Å². The molecule has 0 atom stereocenters. The number of phenolic OH excluding ortho intramolecular Hbond substituents is 3. The first kappa shape index (κ1) is 14.7. The first-order chi connectivity index (χ1) is 10.0. The molecule has 0 unspecified atom stereocenters. The predicted molar refractivity (Wildman–Crippen MR) is 77.1 cm³/mol. The molecule has 0 spiro atoms. The molecule has 0 heterocycles. The fraction of sp³-hybridized carbons (Fsp3) is 0.188. The largest absolute Gasteiger partial charge is 0.508 e. The van der Waals surface area contributed by atoms with Gasteiger partial charge < -0.3 is 20.1 Å². The molecule has 0 radical (unpaired) electrons. The summed E-state index contributed by atoms with van der Waals surface area (Å²) in [5.41, 5.74) is 0.781. The molecule has 0 saturated heterocycles. The van der Waals surface area contributed by atoms with E-state index < -0.39 is 0 Å². The Morgan fingerprint density at radius 1 is 1.05 bits per heavy atom. The lowest BCUT2D eigenvalue weighted by Gasteiger charge is -2.09. The molecule has 2 aromatic rings. The van der Waals surface area contributed by atoms with Gasteiger partial charge in [0.1, 0.15) is 23.0 Å². The lowest BCUT2D eigenvalue weighted by atomic mass is 10.0. The average Bonchev–Trinajstić information content (AvgIpc) is 2.46. The second-order valence-corrected chi connectivity index (χ2v) is 4.61. The summed E-state index contributed by atoms with van der Waals surface area (Å²) in [7, 11) is 1.43. The van der Waals surface area contributed by atoms with Gasteiger partial charge in [-0.25, -0.2) is 0 Å². The number of phenols is 3. The van der Waals surface area contributed by atoms with Crippen LogP contribution in [-0.2, 0) is 6.42 Å². The number of methoxy groups -OCH3 is 1. The van der Waals surface area contributed by atoms with Crippen LogP contribution in [0.1, 0.15) is 22.3 Å². The number of carbonyl (C=O) groups is 1. The Morgan fingerprint density at radius 3 is 2.14 bits per heavy atom. The minimum absolute atomic E-state index is 0.0944. The van der Waals surface area contributed by atoms with E-state index in [-0.39, 0.29) is 35.9 Å². The van der Waals surface area contributed by atoms with Gasteiger partial charge in [-0.05, 0) is 30.7 Å². The first-order valence-electron chi connectivity index (χ1n) is 6.42. The van der Waals surface area contributed by atoms with E-state index in [1.54, 1.807) is 0 Å². The number of hydrogen-bond acceptors (Lipinski definition) is 5. The zero-order valence-corrected chi connectivity index (χ0v) is 11.5. The van der Waals surface area contributed by atoms with Crippen LogP contribution in [0.15, 0.2) is 36.4 Å². The van der Waals surface area contributed by atoms with Crippen LogP contribution < -0.4 is 4.74 Å². The Balaban J connectivity index is 2.09. The second-order valence-electron chi connectivity index (χ2n) is 4.61. The van der Waals surface area contributed by atoms with Crippen LogP contribution in [0.4, 0.5) is 0 Å². The van der Waals surface area contributed by atoms with Gasteiger partial charge in [0.25, 0.3) is 0 Å². The van der Waals surface area contributed by atoms with Crippen molar-refractivity contribution in [3.63, 3.8) is 0 Å². The summed E-state index contributed by atoms with van der Waals surface area (Å²) >= 11 is 0. The standard InChI is InChI=1S/C16H16O5/c1-21-12-8-15(19)13(16(20)9-12)6-7-14(18)10-2-4-11(17)5-3-10/h2-5,8-9,17,19-20H,6-7H2,1H3.